The first-order valence-electron chi connectivity index (χ1n) is 10.5. The van der Waals surface area contributed by atoms with Gasteiger partial charge in [-0.25, -0.2) is 9.78 Å². The highest BCUT2D eigenvalue weighted by atomic mass is 16.4. The van der Waals surface area contributed by atoms with Crippen molar-refractivity contribution >= 4 is 17.9 Å². The molecular weight excluding hydrogens is 388 g/mol. The molecule has 1 aromatic heterocycles. The van der Waals surface area contributed by atoms with Crippen molar-refractivity contribution in [1.29, 1.82) is 0 Å². The largest absolute Gasteiger partial charge is 0.478 e. The molecule has 0 amide bonds. The van der Waals surface area contributed by atoms with E-state index in [-0.39, 0.29) is 0 Å². The van der Waals surface area contributed by atoms with E-state index in [0.29, 0.717) is 6.04 Å². The SMILES string of the molecule is O=C(O)/C=C/c1cccc(-c2cncc(NC3CCN(Cc4ccccc4)CC3)n2)c1. The van der Waals surface area contributed by atoms with Gasteiger partial charge in [-0.1, -0.05) is 48.5 Å². The van der Waals surface area contributed by atoms with Crippen LogP contribution in [0.2, 0.25) is 0 Å². The lowest BCUT2D eigenvalue weighted by Gasteiger charge is -2.32. The maximum Gasteiger partial charge on any atom is 0.328 e. The average Bonchev–Trinajstić information content (AvgIpc) is 2.80. The molecule has 4 rings (SSSR count). The van der Waals surface area contributed by atoms with Crippen molar-refractivity contribution in [3.8, 4) is 11.3 Å². The van der Waals surface area contributed by atoms with Gasteiger partial charge in [0.15, 0.2) is 0 Å². The molecule has 1 aliphatic rings. The summed E-state index contributed by atoms with van der Waals surface area (Å²) in [5.41, 5.74) is 3.83. The number of carboxylic acid groups (broad SMARTS) is 1. The second-order valence-corrected chi connectivity index (χ2v) is 7.77. The zero-order valence-electron chi connectivity index (χ0n) is 17.3. The highest BCUT2D eigenvalue weighted by Gasteiger charge is 2.19. The van der Waals surface area contributed by atoms with Crippen LogP contribution < -0.4 is 5.32 Å². The number of carboxylic acids is 1. The lowest BCUT2D eigenvalue weighted by molar-refractivity contribution is -0.131. The summed E-state index contributed by atoms with van der Waals surface area (Å²) in [6.45, 7) is 3.10. The Balaban J connectivity index is 1.36. The number of hydrogen-bond donors (Lipinski definition) is 2. The maximum atomic E-state index is 10.8. The number of nitrogens with zero attached hydrogens (tertiary/aromatic N) is 3. The zero-order chi connectivity index (χ0) is 21.5. The molecule has 3 aromatic rings. The normalized spacial score (nSPS) is 15.2. The Kier molecular flexibility index (Phi) is 6.69. The molecule has 0 saturated carbocycles. The van der Waals surface area contributed by atoms with Crippen molar-refractivity contribution in [2.24, 2.45) is 0 Å². The van der Waals surface area contributed by atoms with Crippen LogP contribution in [-0.4, -0.2) is 45.1 Å². The molecule has 1 saturated heterocycles. The third kappa shape index (κ3) is 5.99. The van der Waals surface area contributed by atoms with E-state index in [2.05, 4.69) is 45.5 Å². The summed E-state index contributed by atoms with van der Waals surface area (Å²) < 4.78 is 0. The van der Waals surface area contributed by atoms with Crippen LogP contribution in [0.4, 0.5) is 5.82 Å². The molecule has 0 bridgehead atoms. The van der Waals surface area contributed by atoms with Crippen LogP contribution in [0.1, 0.15) is 24.0 Å². The van der Waals surface area contributed by atoms with Gasteiger partial charge in [0.25, 0.3) is 0 Å². The quantitative estimate of drug-likeness (QED) is 0.561. The summed E-state index contributed by atoms with van der Waals surface area (Å²) in [4.78, 5) is 22.3. The zero-order valence-corrected chi connectivity index (χ0v) is 17.3. The van der Waals surface area contributed by atoms with Crippen LogP contribution in [-0.2, 0) is 11.3 Å². The van der Waals surface area contributed by atoms with Gasteiger partial charge < -0.3 is 10.4 Å². The number of likely N-dealkylation sites (tertiary alicyclic amines) is 1. The Labute approximate surface area is 182 Å². The van der Waals surface area contributed by atoms with Crippen molar-refractivity contribution in [1.82, 2.24) is 14.9 Å². The van der Waals surface area contributed by atoms with Crippen molar-refractivity contribution in [2.45, 2.75) is 25.4 Å². The Morgan fingerprint density at radius 2 is 1.90 bits per heavy atom. The third-order valence-corrected chi connectivity index (χ3v) is 5.42. The number of hydrogen-bond acceptors (Lipinski definition) is 5. The van der Waals surface area contributed by atoms with Crippen LogP contribution in [0, 0.1) is 0 Å². The van der Waals surface area contributed by atoms with E-state index in [0.717, 1.165) is 61.2 Å². The van der Waals surface area contributed by atoms with Gasteiger partial charge in [0.1, 0.15) is 5.82 Å². The summed E-state index contributed by atoms with van der Waals surface area (Å²) in [6.07, 6.45) is 8.32. The number of rotatable bonds is 7. The van der Waals surface area contributed by atoms with Gasteiger partial charge in [-0.05, 0) is 36.1 Å². The van der Waals surface area contributed by atoms with Crippen LogP contribution in [0.3, 0.4) is 0 Å². The van der Waals surface area contributed by atoms with Crippen molar-refractivity contribution in [2.75, 3.05) is 18.4 Å². The standard InChI is InChI=1S/C25H26N4O2/c30-25(31)10-9-19-7-4-8-21(15-19)23-16-26-17-24(28-23)27-22-11-13-29(14-12-22)18-20-5-2-1-3-6-20/h1-10,15-17,22H,11-14,18H2,(H,27,28)(H,30,31)/b10-9+. The molecule has 1 aliphatic heterocycles. The van der Waals surface area contributed by atoms with E-state index in [1.54, 1.807) is 18.5 Å². The molecule has 0 radical (unpaired) electrons. The lowest BCUT2D eigenvalue weighted by Crippen LogP contribution is -2.38. The first-order chi connectivity index (χ1) is 15.2. The predicted octanol–water partition coefficient (Wildman–Crippen LogP) is 4.32. The minimum Gasteiger partial charge on any atom is -0.478 e. The van der Waals surface area contributed by atoms with E-state index in [4.69, 9.17) is 10.1 Å². The van der Waals surface area contributed by atoms with Gasteiger partial charge in [-0.3, -0.25) is 9.88 Å². The van der Waals surface area contributed by atoms with Gasteiger partial charge in [-0.15, -0.1) is 0 Å². The minimum atomic E-state index is -0.966. The number of nitrogens with one attached hydrogen (secondary N) is 1. The molecule has 0 aliphatic carbocycles. The fourth-order valence-electron chi connectivity index (χ4n) is 3.83. The number of benzene rings is 2. The number of carbonyl (C=O) groups is 1. The van der Waals surface area contributed by atoms with Crippen molar-refractivity contribution in [3.05, 3.63) is 84.2 Å². The summed E-state index contributed by atoms with van der Waals surface area (Å²) in [5.74, 6) is -0.198. The minimum absolute atomic E-state index is 0.376. The molecule has 6 nitrogen and oxygen atoms in total. The van der Waals surface area contributed by atoms with E-state index < -0.39 is 5.97 Å². The number of anilines is 1. The van der Waals surface area contributed by atoms with Crippen LogP contribution in [0.15, 0.2) is 73.1 Å². The number of aromatic nitrogens is 2. The molecule has 2 heterocycles. The summed E-state index contributed by atoms with van der Waals surface area (Å²) in [5, 5.41) is 12.4. The highest BCUT2D eigenvalue weighted by molar-refractivity contribution is 5.85. The van der Waals surface area contributed by atoms with E-state index >= 15 is 0 Å². The van der Waals surface area contributed by atoms with Crippen LogP contribution in [0.25, 0.3) is 17.3 Å². The van der Waals surface area contributed by atoms with Gasteiger partial charge in [-0.2, -0.15) is 0 Å². The summed E-state index contributed by atoms with van der Waals surface area (Å²) in [6, 6.07) is 18.6. The molecule has 2 N–H and O–H groups in total. The first kappa shape index (κ1) is 20.8. The maximum absolute atomic E-state index is 10.8. The van der Waals surface area contributed by atoms with Crippen LogP contribution >= 0.6 is 0 Å². The van der Waals surface area contributed by atoms with Crippen molar-refractivity contribution < 1.29 is 9.90 Å². The van der Waals surface area contributed by atoms with E-state index in [9.17, 15) is 4.79 Å². The topological polar surface area (TPSA) is 78.3 Å². The average molecular weight is 415 g/mol. The van der Waals surface area contributed by atoms with Crippen molar-refractivity contribution in [3.63, 3.8) is 0 Å². The molecule has 31 heavy (non-hydrogen) atoms. The first-order valence-corrected chi connectivity index (χ1v) is 10.5. The third-order valence-electron chi connectivity index (χ3n) is 5.42. The molecule has 1 fully saturated rings. The Hall–Kier alpha value is -3.51. The van der Waals surface area contributed by atoms with Gasteiger partial charge in [0, 0.05) is 37.3 Å². The molecule has 2 aromatic carbocycles. The van der Waals surface area contributed by atoms with E-state index in [1.165, 1.54) is 5.56 Å². The fourth-order valence-corrected chi connectivity index (χ4v) is 3.83. The molecular formula is C25H26N4O2. The summed E-state index contributed by atoms with van der Waals surface area (Å²) >= 11 is 0. The highest BCUT2D eigenvalue weighted by Crippen LogP contribution is 2.22. The fraction of sp³-hybridized carbons (Fsp3) is 0.240. The Morgan fingerprint density at radius 3 is 2.68 bits per heavy atom. The smallest absolute Gasteiger partial charge is 0.328 e. The molecule has 0 atom stereocenters. The van der Waals surface area contributed by atoms with Gasteiger partial charge in [0.2, 0.25) is 0 Å². The number of piperidine rings is 1. The monoisotopic (exact) mass is 414 g/mol. The van der Waals surface area contributed by atoms with Gasteiger partial charge >= 0.3 is 5.97 Å². The second kappa shape index (κ2) is 10.00. The summed E-state index contributed by atoms with van der Waals surface area (Å²) in [7, 11) is 0. The molecule has 6 heteroatoms. The molecule has 158 valence electrons. The molecule has 0 unspecified atom stereocenters. The molecule has 0 spiro atoms. The Morgan fingerprint density at radius 1 is 1.10 bits per heavy atom. The van der Waals surface area contributed by atoms with Gasteiger partial charge in [0.05, 0.1) is 18.1 Å². The van der Waals surface area contributed by atoms with Crippen LogP contribution in [0.5, 0.6) is 0 Å². The second-order valence-electron chi connectivity index (χ2n) is 7.77. The lowest BCUT2D eigenvalue weighted by atomic mass is 10.0. The number of aliphatic carboxylic acids is 1. The predicted molar refractivity (Wildman–Crippen MR) is 123 cm³/mol. The van der Waals surface area contributed by atoms with E-state index in [1.807, 2.05) is 24.3 Å². The Bertz CT molecular complexity index is 1040.